The summed E-state index contributed by atoms with van der Waals surface area (Å²) in [5.74, 6) is 1.78. The van der Waals surface area contributed by atoms with Gasteiger partial charge in [0.2, 0.25) is 0 Å². The molecule has 2 heterocycles. The van der Waals surface area contributed by atoms with Crippen molar-refractivity contribution in [3.8, 4) is 5.75 Å². The molecule has 0 aromatic heterocycles. The van der Waals surface area contributed by atoms with Crippen molar-refractivity contribution in [1.82, 2.24) is 10.2 Å². The maximum absolute atomic E-state index is 6.08. The quantitative estimate of drug-likeness (QED) is 0.898. The number of nitrogens with one attached hydrogen (secondary N) is 1. The van der Waals surface area contributed by atoms with E-state index in [9.17, 15) is 0 Å². The summed E-state index contributed by atoms with van der Waals surface area (Å²) >= 11 is 0. The van der Waals surface area contributed by atoms with E-state index in [1.807, 2.05) is 0 Å². The molecule has 3 nitrogen and oxygen atoms in total. The fourth-order valence-corrected chi connectivity index (χ4v) is 3.27. The van der Waals surface area contributed by atoms with Crippen LogP contribution >= 0.6 is 0 Å². The first kappa shape index (κ1) is 12.9. The number of nitrogens with zero attached hydrogens (tertiary/aromatic N) is 1. The van der Waals surface area contributed by atoms with Gasteiger partial charge in [0, 0.05) is 38.6 Å². The van der Waals surface area contributed by atoms with Crippen molar-refractivity contribution in [3.63, 3.8) is 0 Å². The second-order valence-corrected chi connectivity index (χ2v) is 6.06. The van der Waals surface area contributed by atoms with Crippen LogP contribution < -0.4 is 10.1 Å². The topological polar surface area (TPSA) is 24.5 Å². The molecule has 0 saturated carbocycles. The zero-order valence-electron chi connectivity index (χ0n) is 11.9. The summed E-state index contributed by atoms with van der Waals surface area (Å²) in [7, 11) is 0. The van der Waals surface area contributed by atoms with E-state index < -0.39 is 0 Å². The van der Waals surface area contributed by atoms with Crippen LogP contribution in [0.15, 0.2) is 24.3 Å². The van der Waals surface area contributed by atoms with Gasteiger partial charge in [-0.3, -0.25) is 4.90 Å². The average molecular weight is 260 g/mol. The van der Waals surface area contributed by atoms with Crippen LogP contribution in [-0.4, -0.2) is 43.2 Å². The van der Waals surface area contributed by atoms with Gasteiger partial charge < -0.3 is 10.1 Å². The highest BCUT2D eigenvalue weighted by molar-refractivity contribution is 5.37. The van der Waals surface area contributed by atoms with Crippen molar-refractivity contribution in [1.29, 1.82) is 0 Å². The molecule has 0 aliphatic carbocycles. The summed E-state index contributed by atoms with van der Waals surface area (Å²) in [4.78, 5) is 2.61. The minimum Gasteiger partial charge on any atom is -0.488 e. The molecule has 2 atom stereocenters. The molecular formula is C16H24N2O. The molecular weight excluding hydrogens is 236 g/mol. The van der Waals surface area contributed by atoms with Crippen LogP contribution in [0.4, 0.5) is 0 Å². The third-order valence-electron chi connectivity index (χ3n) is 4.32. The fourth-order valence-electron chi connectivity index (χ4n) is 3.27. The molecule has 1 N–H and O–H groups in total. The van der Waals surface area contributed by atoms with Gasteiger partial charge in [0.25, 0.3) is 0 Å². The number of fused-ring (bicyclic) bond motifs is 1. The Bertz CT molecular complexity index is 408. The number of benzene rings is 1. The summed E-state index contributed by atoms with van der Waals surface area (Å²) in [5.41, 5.74) is 1.36. The number of para-hydroxylation sites is 1. The van der Waals surface area contributed by atoms with Crippen LogP contribution in [0.5, 0.6) is 5.75 Å². The van der Waals surface area contributed by atoms with Gasteiger partial charge in [-0.15, -0.1) is 0 Å². The van der Waals surface area contributed by atoms with Crippen LogP contribution in [0.3, 0.4) is 0 Å². The number of rotatable bonds is 3. The van der Waals surface area contributed by atoms with Gasteiger partial charge in [0.1, 0.15) is 11.9 Å². The number of hydrogen-bond acceptors (Lipinski definition) is 3. The molecule has 1 saturated heterocycles. The van der Waals surface area contributed by atoms with Crippen LogP contribution in [-0.2, 0) is 6.42 Å². The highest BCUT2D eigenvalue weighted by atomic mass is 16.5. The number of piperazine rings is 1. The lowest BCUT2D eigenvalue weighted by molar-refractivity contribution is 0.0769. The molecule has 2 aliphatic heterocycles. The van der Waals surface area contributed by atoms with Crippen molar-refractivity contribution >= 4 is 0 Å². The molecule has 0 bridgehead atoms. The van der Waals surface area contributed by atoms with Crippen molar-refractivity contribution < 1.29 is 4.74 Å². The highest BCUT2D eigenvalue weighted by Gasteiger charge is 2.30. The molecule has 0 radical (unpaired) electrons. The van der Waals surface area contributed by atoms with E-state index in [0.29, 0.717) is 18.1 Å². The van der Waals surface area contributed by atoms with Crippen LogP contribution in [0.1, 0.15) is 19.4 Å². The minimum absolute atomic E-state index is 0.330. The van der Waals surface area contributed by atoms with Crippen LogP contribution in [0.2, 0.25) is 0 Å². The Morgan fingerprint density at radius 2 is 2.21 bits per heavy atom. The van der Waals surface area contributed by atoms with Crippen molar-refractivity contribution in [2.45, 2.75) is 32.4 Å². The largest absolute Gasteiger partial charge is 0.488 e. The van der Waals surface area contributed by atoms with Gasteiger partial charge in [-0.2, -0.15) is 0 Å². The Balaban J connectivity index is 1.63. The van der Waals surface area contributed by atoms with Gasteiger partial charge in [-0.25, -0.2) is 0 Å². The monoisotopic (exact) mass is 260 g/mol. The van der Waals surface area contributed by atoms with Crippen LogP contribution in [0, 0.1) is 5.92 Å². The summed E-state index contributed by atoms with van der Waals surface area (Å²) in [6, 6.07) is 9.08. The van der Waals surface area contributed by atoms with Crippen molar-refractivity contribution in [3.05, 3.63) is 29.8 Å². The maximum Gasteiger partial charge on any atom is 0.123 e. The predicted octanol–water partition coefficient (Wildman–Crippen LogP) is 1.92. The minimum atomic E-state index is 0.330. The highest BCUT2D eigenvalue weighted by Crippen LogP contribution is 2.29. The Morgan fingerprint density at radius 3 is 3.00 bits per heavy atom. The molecule has 3 heteroatoms. The first-order valence-corrected chi connectivity index (χ1v) is 7.43. The average Bonchev–Trinajstić information content (AvgIpc) is 2.81. The zero-order chi connectivity index (χ0) is 13.2. The Hall–Kier alpha value is -1.06. The smallest absolute Gasteiger partial charge is 0.123 e. The van der Waals surface area contributed by atoms with Gasteiger partial charge >= 0.3 is 0 Å². The molecule has 1 aromatic carbocycles. The third kappa shape index (κ3) is 2.77. The second-order valence-electron chi connectivity index (χ2n) is 6.06. The lowest BCUT2D eigenvalue weighted by atomic mass is 9.99. The van der Waals surface area contributed by atoms with Crippen molar-refractivity contribution in [2.75, 3.05) is 26.2 Å². The summed E-state index contributed by atoms with van der Waals surface area (Å²) < 4.78 is 6.08. The molecule has 104 valence electrons. The van der Waals surface area contributed by atoms with E-state index in [2.05, 4.69) is 48.3 Å². The lowest BCUT2D eigenvalue weighted by Gasteiger charge is -2.39. The molecule has 0 spiro atoms. The Kier molecular flexibility index (Phi) is 3.76. The van der Waals surface area contributed by atoms with Gasteiger partial charge in [0.05, 0.1) is 0 Å². The molecule has 2 aliphatic rings. The molecule has 2 unspecified atom stereocenters. The summed E-state index contributed by atoms with van der Waals surface area (Å²) in [6.07, 6.45) is 1.39. The third-order valence-corrected chi connectivity index (χ3v) is 4.32. The van der Waals surface area contributed by atoms with E-state index in [-0.39, 0.29) is 0 Å². The van der Waals surface area contributed by atoms with E-state index in [1.165, 1.54) is 5.56 Å². The van der Waals surface area contributed by atoms with E-state index in [0.717, 1.165) is 38.3 Å². The van der Waals surface area contributed by atoms with Gasteiger partial charge in [-0.05, 0) is 17.5 Å². The lowest BCUT2D eigenvalue weighted by Crippen LogP contribution is -2.55. The van der Waals surface area contributed by atoms with E-state index >= 15 is 0 Å². The molecule has 19 heavy (non-hydrogen) atoms. The van der Waals surface area contributed by atoms with E-state index in [4.69, 9.17) is 4.74 Å². The maximum atomic E-state index is 6.08. The standard InChI is InChI=1S/C16H24N2O/c1-12(2)15-10-17-7-8-18(15)11-14-9-13-5-3-4-6-16(13)19-14/h3-6,12,14-15,17H,7-11H2,1-2H3. The second kappa shape index (κ2) is 5.51. The fraction of sp³-hybridized carbons (Fsp3) is 0.625. The van der Waals surface area contributed by atoms with Crippen LogP contribution in [0.25, 0.3) is 0 Å². The van der Waals surface area contributed by atoms with Gasteiger partial charge in [-0.1, -0.05) is 32.0 Å². The Morgan fingerprint density at radius 1 is 1.37 bits per heavy atom. The Labute approximate surface area is 115 Å². The molecule has 1 aromatic rings. The normalized spacial score (nSPS) is 27.3. The predicted molar refractivity (Wildman–Crippen MR) is 77.6 cm³/mol. The molecule has 1 fully saturated rings. The zero-order valence-corrected chi connectivity index (χ0v) is 11.9. The summed E-state index contributed by atoms with van der Waals surface area (Å²) in [5, 5.41) is 3.51. The summed E-state index contributed by atoms with van der Waals surface area (Å²) in [6.45, 7) is 9.03. The van der Waals surface area contributed by atoms with E-state index in [1.54, 1.807) is 0 Å². The van der Waals surface area contributed by atoms with Gasteiger partial charge in [0.15, 0.2) is 0 Å². The number of ether oxygens (including phenoxy) is 1. The number of hydrogen-bond donors (Lipinski definition) is 1. The first-order chi connectivity index (χ1) is 9.24. The SMILES string of the molecule is CC(C)C1CNCCN1CC1Cc2ccccc2O1. The molecule has 3 rings (SSSR count). The molecule has 0 amide bonds. The van der Waals surface area contributed by atoms with Crippen molar-refractivity contribution in [2.24, 2.45) is 5.92 Å². The first-order valence-electron chi connectivity index (χ1n) is 7.43.